The van der Waals surface area contributed by atoms with Gasteiger partial charge in [0.1, 0.15) is 0 Å². The van der Waals surface area contributed by atoms with Gasteiger partial charge in [-0.15, -0.1) is 0 Å². The van der Waals surface area contributed by atoms with Crippen LogP contribution in [0.4, 0.5) is 0 Å². The van der Waals surface area contributed by atoms with E-state index in [0.29, 0.717) is 0 Å². The van der Waals surface area contributed by atoms with Crippen molar-refractivity contribution in [2.45, 2.75) is 20.8 Å². The number of rotatable bonds is 2. The molecule has 0 unspecified atom stereocenters. The molecule has 15 rings (SSSR count). The number of benzene rings is 9. The molecular weight excluding hydrogens is 727 g/mol. The second-order valence-electron chi connectivity index (χ2n) is 17.4. The van der Waals surface area contributed by atoms with Gasteiger partial charge in [-0.25, -0.2) is 0 Å². The zero-order chi connectivity index (χ0) is 39.3. The van der Waals surface area contributed by atoms with Crippen molar-refractivity contribution in [3.8, 4) is 22.3 Å². The van der Waals surface area contributed by atoms with Crippen LogP contribution < -0.4 is 0 Å². The smallest absolute Gasteiger partial charge is 0.0620 e. The number of nitrogens with zero attached hydrogens (tertiary/aromatic N) is 3. The lowest BCUT2D eigenvalue weighted by atomic mass is 9.89. The van der Waals surface area contributed by atoms with E-state index in [1.54, 1.807) is 0 Å². The van der Waals surface area contributed by atoms with Crippen molar-refractivity contribution in [2.24, 2.45) is 0 Å². The largest absolute Gasteiger partial charge is 0.308 e. The fourth-order valence-corrected chi connectivity index (χ4v) is 11.9. The lowest BCUT2D eigenvalue weighted by Gasteiger charge is -2.16. The van der Waals surface area contributed by atoms with Crippen molar-refractivity contribution in [1.82, 2.24) is 13.2 Å². The maximum Gasteiger partial charge on any atom is 0.0620 e. The second-order valence-corrected chi connectivity index (χ2v) is 17.4. The molecule has 0 bridgehead atoms. The second kappa shape index (κ2) is 10.5. The van der Waals surface area contributed by atoms with Gasteiger partial charge >= 0.3 is 0 Å². The average molecular weight is 762 g/mol. The van der Waals surface area contributed by atoms with Gasteiger partial charge in [0.05, 0.1) is 49.7 Å². The summed E-state index contributed by atoms with van der Waals surface area (Å²) in [5, 5.41) is 15.7. The van der Waals surface area contributed by atoms with Gasteiger partial charge in [0, 0.05) is 64.6 Å². The van der Waals surface area contributed by atoms with E-state index in [-0.39, 0.29) is 0 Å². The highest BCUT2D eigenvalue weighted by Crippen LogP contribution is 2.48. The summed E-state index contributed by atoms with van der Waals surface area (Å²) in [6, 6.07) is 59.9. The highest BCUT2D eigenvalue weighted by molar-refractivity contribution is 6.31. The Labute approximate surface area is 343 Å². The zero-order valence-corrected chi connectivity index (χ0v) is 33.4. The standard InChI is InChI=1S/C57H35N3/c1-30-12-4-5-13-33(30)34-15-8-16-35(32(34)3)43-25-50-44(24-31(43)2)38-18-10-20-40-47-29-54-48(28-52(47)59(50)56(38)40)42-22-11-21-41-46-26-51-45(27-53(46)60(54)57(41)42)39-19-9-17-37-36-14-6-7-23-49(36)58(51)55(37)39/h4-29H,1-3H3. The highest BCUT2D eigenvalue weighted by atomic mass is 14.9. The van der Waals surface area contributed by atoms with Gasteiger partial charge in [0.2, 0.25) is 0 Å². The van der Waals surface area contributed by atoms with Gasteiger partial charge in [0.15, 0.2) is 0 Å². The van der Waals surface area contributed by atoms with E-state index in [9.17, 15) is 0 Å². The average Bonchev–Trinajstić information content (AvgIpc) is 4.10. The summed E-state index contributed by atoms with van der Waals surface area (Å²) in [6.07, 6.45) is 0. The van der Waals surface area contributed by atoms with Crippen molar-refractivity contribution in [2.75, 3.05) is 0 Å². The van der Waals surface area contributed by atoms with Crippen LogP contribution >= 0.6 is 0 Å². The number of aryl methyl sites for hydroxylation is 2. The lowest BCUT2D eigenvalue weighted by molar-refractivity contribution is 1.35. The first-order chi connectivity index (χ1) is 29.5. The van der Waals surface area contributed by atoms with Crippen molar-refractivity contribution in [3.63, 3.8) is 0 Å². The van der Waals surface area contributed by atoms with Crippen molar-refractivity contribution in [1.29, 1.82) is 0 Å². The Bertz CT molecular complexity index is 4380. The molecule has 60 heavy (non-hydrogen) atoms. The molecule has 0 radical (unpaired) electrons. The van der Waals surface area contributed by atoms with E-state index in [4.69, 9.17) is 0 Å². The fourth-order valence-electron chi connectivity index (χ4n) is 11.9. The molecule has 3 heteroatoms. The van der Waals surface area contributed by atoms with Gasteiger partial charge in [-0.05, 0) is 102 Å². The number of hydrogen-bond acceptors (Lipinski definition) is 0. The lowest BCUT2D eigenvalue weighted by Crippen LogP contribution is -1.93. The molecule has 0 amide bonds. The third-order valence-electron chi connectivity index (χ3n) is 14.5. The monoisotopic (exact) mass is 761 g/mol. The molecule has 15 aromatic rings. The summed E-state index contributed by atoms with van der Waals surface area (Å²) in [6.45, 7) is 6.78. The third-order valence-corrected chi connectivity index (χ3v) is 14.5. The van der Waals surface area contributed by atoms with Crippen LogP contribution in [0.25, 0.3) is 137 Å². The minimum Gasteiger partial charge on any atom is -0.308 e. The predicted molar refractivity (Wildman–Crippen MR) is 256 cm³/mol. The SMILES string of the molecule is Cc1ccccc1-c1cccc(-c2cc3c(cc2C)c2cccc4c5cc6c(cc5n3c24)c2cccc3c4cc5c(cc4n6c32)c2cccc3c4ccccc4n5c32)c1C. The molecule has 0 saturated heterocycles. The molecule has 0 saturated carbocycles. The number of fused-ring (bicyclic) bond motifs is 18. The molecule has 0 aliphatic carbocycles. The molecule has 0 aliphatic rings. The highest BCUT2D eigenvalue weighted by Gasteiger charge is 2.25. The molecule has 0 spiro atoms. The Morgan fingerprint density at radius 2 is 0.617 bits per heavy atom. The van der Waals surface area contributed by atoms with Crippen LogP contribution in [0, 0.1) is 20.8 Å². The van der Waals surface area contributed by atoms with Crippen LogP contribution in [-0.4, -0.2) is 13.2 Å². The number of aromatic nitrogens is 3. The first kappa shape index (κ1) is 31.4. The quantitative estimate of drug-likeness (QED) is 0.166. The Hall–Kier alpha value is -7.62. The van der Waals surface area contributed by atoms with Crippen LogP contribution in [0.2, 0.25) is 0 Å². The predicted octanol–water partition coefficient (Wildman–Crippen LogP) is 15.4. The van der Waals surface area contributed by atoms with Crippen LogP contribution in [0.3, 0.4) is 0 Å². The molecule has 0 N–H and O–H groups in total. The van der Waals surface area contributed by atoms with Crippen LogP contribution in [0.5, 0.6) is 0 Å². The summed E-state index contributed by atoms with van der Waals surface area (Å²) in [5.74, 6) is 0. The van der Waals surface area contributed by atoms with E-state index in [0.717, 1.165) is 0 Å². The normalized spacial score (nSPS) is 12.9. The van der Waals surface area contributed by atoms with E-state index in [2.05, 4.69) is 192 Å². The summed E-state index contributed by atoms with van der Waals surface area (Å²) in [4.78, 5) is 0. The van der Waals surface area contributed by atoms with E-state index in [1.165, 1.54) is 153 Å². The maximum atomic E-state index is 2.57. The molecule has 0 atom stereocenters. The molecule has 3 nitrogen and oxygen atoms in total. The van der Waals surface area contributed by atoms with Crippen LogP contribution in [0.15, 0.2) is 158 Å². The molecule has 278 valence electrons. The van der Waals surface area contributed by atoms with Crippen LogP contribution in [0.1, 0.15) is 16.7 Å². The van der Waals surface area contributed by atoms with Gasteiger partial charge in [-0.3, -0.25) is 0 Å². The summed E-state index contributed by atoms with van der Waals surface area (Å²) < 4.78 is 7.64. The van der Waals surface area contributed by atoms with E-state index >= 15 is 0 Å². The topological polar surface area (TPSA) is 13.2 Å². The molecule has 6 heterocycles. The minimum atomic E-state index is 1.26. The minimum absolute atomic E-state index is 1.26. The maximum absolute atomic E-state index is 2.57. The Morgan fingerprint density at radius 1 is 0.250 bits per heavy atom. The number of para-hydroxylation sites is 4. The third kappa shape index (κ3) is 3.54. The van der Waals surface area contributed by atoms with E-state index < -0.39 is 0 Å². The van der Waals surface area contributed by atoms with Gasteiger partial charge < -0.3 is 13.2 Å². The van der Waals surface area contributed by atoms with Crippen molar-refractivity contribution in [3.05, 3.63) is 174 Å². The molecule has 9 aromatic carbocycles. The van der Waals surface area contributed by atoms with Crippen molar-refractivity contribution < 1.29 is 0 Å². The molecule has 0 fully saturated rings. The first-order valence-electron chi connectivity index (χ1n) is 21.1. The van der Waals surface area contributed by atoms with E-state index in [1.807, 2.05) is 0 Å². The fraction of sp³-hybridized carbons (Fsp3) is 0.0526. The molecule has 0 aliphatic heterocycles. The van der Waals surface area contributed by atoms with Gasteiger partial charge in [-0.1, -0.05) is 115 Å². The zero-order valence-electron chi connectivity index (χ0n) is 33.4. The Morgan fingerprint density at radius 3 is 1.15 bits per heavy atom. The van der Waals surface area contributed by atoms with Crippen molar-refractivity contribution >= 4 is 114 Å². The molecular formula is C57H35N3. The first-order valence-corrected chi connectivity index (χ1v) is 21.1. The van der Waals surface area contributed by atoms with Gasteiger partial charge in [-0.2, -0.15) is 0 Å². The summed E-state index contributed by atoms with van der Waals surface area (Å²) in [5.41, 5.74) is 20.7. The summed E-state index contributed by atoms with van der Waals surface area (Å²) >= 11 is 0. The Balaban J connectivity index is 1.03. The number of hydrogen-bond donors (Lipinski definition) is 0. The molecule has 6 aromatic heterocycles. The van der Waals surface area contributed by atoms with Crippen LogP contribution in [-0.2, 0) is 0 Å². The van der Waals surface area contributed by atoms with Gasteiger partial charge in [0.25, 0.3) is 0 Å². The summed E-state index contributed by atoms with van der Waals surface area (Å²) in [7, 11) is 0. The Kier molecular flexibility index (Phi) is 5.50.